The van der Waals surface area contributed by atoms with Crippen LogP contribution >= 0.6 is 11.6 Å². The van der Waals surface area contributed by atoms with Gasteiger partial charge in [-0.2, -0.15) is 13.2 Å². The molecule has 6 nitrogen and oxygen atoms in total. The van der Waals surface area contributed by atoms with Crippen molar-refractivity contribution in [3.63, 3.8) is 0 Å². The first-order valence-corrected chi connectivity index (χ1v) is 12.1. The molecule has 2 aliphatic heterocycles. The summed E-state index contributed by atoms with van der Waals surface area (Å²) < 4.78 is 44.8. The zero-order valence-electron chi connectivity index (χ0n) is 19.3. The normalized spacial score (nSPS) is 19.5. The Kier molecular flexibility index (Phi) is 6.75. The van der Waals surface area contributed by atoms with Crippen LogP contribution in [0.15, 0.2) is 55.0 Å². The number of urea groups is 1. The lowest BCUT2D eigenvalue weighted by atomic mass is 9.98. The highest BCUT2D eigenvalue weighted by molar-refractivity contribution is 6.30. The zero-order valence-corrected chi connectivity index (χ0v) is 20.0. The van der Waals surface area contributed by atoms with Gasteiger partial charge in [-0.1, -0.05) is 29.8 Å². The van der Waals surface area contributed by atoms with Gasteiger partial charge < -0.3 is 15.0 Å². The van der Waals surface area contributed by atoms with E-state index < -0.39 is 17.8 Å². The number of aromatic nitrogens is 2. The average molecular weight is 517 g/mol. The molecule has 36 heavy (non-hydrogen) atoms. The van der Waals surface area contributed by atoms with Crippen molar-refractivity contribution >= 4 is 17.6 Å². The molecule has 10 heteroatoms. The van der Waals surface area contributed by atoms with Crippen molar-refractivity contribution in [2.45, 2.75) is 43.9 Å². The smallest absolute Gasteiger partial charge is 0.416 e. The van der Waals surface area contributed by atoms with Gasteiger partial charge in [0.25, 0.3) is 0 Å². The Labute approximate surface area is 211 Å². The van der Waals surface area contributed by atoms with E-state index in [0.717, 1.165) is 41.8 Å². The van der Waals surface area contributed by atoms with E-state index in [1.807, 2.05) is 24.3 Å². The summed E-state index contributed by atoms with van der Waals surface area (Å²) in [5.41, 5.74) is 2.56. The molecule has 3 aromatic rings. The molecule has 0 bridgehead atoms. The maximum atomic E-state index is 13.4. The minimum absolute atomic E-state index is 0.153. The predicted molar refractivity (Wildman–Crippen MR) is 128 cm³/mol. The van der Waals surface area contributed by atoms with Gasteiger partial charge >= 0.3 is 12.2 Å². The minimum atomic E-state index is -4.46. The van der Waals surface area contributed by atoms with E-state index in [1.54, 1.807) is 11.1 Å². The SMILES string of the molecule is O=C(N[C@H]1CCOc2cc(C(F)(F)F)ccc21)N1CCCC1c1ncncc1Cc1ccc(Cl)cc1. The highest BCUT2D eigenvalue weighted by Gasteiger charge is 2.36. The summed E-state index contributed by atoms with van der Waals surface area (Å²) in [6.45, 7) is 0.782. The quantitative estimate of drug-likeness (QED) is 0.454. The third kappa shape index (κ3) is 5.11. The van der Waals surface area contributed by atoms with E-state index in [-0.39, 0.29) is 24.4 Å². The van der Waals surface area contributed by atoms with Crippen LogP contribution in [0.5, 0.6) is 5.75 Å². The van der Waals surface area contributed by atoms with Gasteiger partial charge in [0.15, 0.2) is 0 Å². The Morgan fingerprint density at radius 2 is 1.97 bits per heavy atom. The topological polar surface area (TPSA) is 67.3 Å². The molecule has 1 N–H and O–H groups in total. The van der Waals surface area contributed by atoms with Crippen molar-refractivity contribution in [1.82, 2.24) is 20.2 Å². The number of alkyl halides is 3. The number of nitrogens with one attached hydrogen (secondary N) is 1. The Morgan fingerprint density at radius 1 is 1.17 bits per heavy atom. The number of halogens is 4. The first kappa shape index (κ1) is 24.4. The van der Waals surface area contributed by atoms with Crippen LogP contribution < -0.4 is 10.1 Å². The van der Waals surface area contributed by atoms with Gasteiger partial charge in [0.1, 0.15) is 12.1 Å². The van der Waals surface area contributed by atoms with Crippen molar-refractivity contribution in [2.24, 2.45) is 0 Å². The lowest BCUT2D eigenvalue weighted by molar-refractivity contribution is -0.137. The molecule has 1 saturated heterocycles. The summed E-state index contributed by atoms with van der Waals surface area (Å²) in [6.07, 6.45) is 1.46. The van der Waals surface area contributed by atoms with Crippen LogP contribution in [0.2, 0.25) is 5.02 Å². The number of carbonyl (C=O) groups is 1. The molecule has 0 aliphatic carbocycles. The molecule has 2 amide bonds. The zero-order chi connectivity index (χ0) is 25.3. The van der Waals surface area contributed by atoms with Crippen LogP contribution in [0, 0.1) is 0 Å². The Morgan fingerprint density at radius 3 is 2.75 bits per heavy atom. The summed E-state index contributed by atoms with van der Waals surface area (Å²) in [5, 5.41) is 3.68. The molecule has 1 aromatic heterocycles. The van der Waals surface area contributed by atoms with Crippen molar-refractivity contribution in [1.29, 1.82) is 0 Å². The highest BCUT2D eigenvalue weighted by atomic mass is 35.5. The number of ether oxygens (including phenoxy) is 1. The number of nitrogens with zero attached hydrogens (tertiary/aromatic N) is 3. The molecular weight excluding hydrogens is 493 g/mol. The van der Waals surface area contributed by atoms with E-state index >= 15 is 0 Å². The summed E-state index contributed by atoms with van der Waals surface area (Å²) in [5.74, 6) is 0.153. The molecule has 188 valence electrons. The van der Waals surface area contributed by atoms with Crippen LogP contribution in [-0.2, 0) is 12.6 Å². The van der Waals surface area contributed by atoms with E-state index in [1.165, 1.54) is 12.4 Å². The summed E-state index contributed by atoms with van der Waals surface area (Å²) >= 11 is 6.01. The van der Waals surface area contributed by atoms with Crippen LogP contribution in [0.25, 0.3) is 0 Å². The lowest BCUT2D eigenvalue weighted by Gasteiger charge is -2.31. The summed E-state index contributed by atoms with van der Waals surface area (Å²) in [6, 6.07) is 10.0. The largest absolute Gasteiger partial charge is 0.493 e. The number of benzene rings is 2. The van der Waals surface area contributed by atoms with Crippen LogP contribution in [-0.4, -0.2) is 34.1 Å². The number of rotatable bonds is 4. The van der Waals surface area contributed by atoms with Crippen molar-refractivity contribution < 1.29 is 22.7 Å². The van der Waals surface area contributed by atoms with Gasteiger partial charge in [0.05, 0.1) is 29.9 Å². The van der Waals surface area contributed by atoms with Gasteiger partial charge in [-0.25, -0.2) is 14.8 Å². The van der Waals surface area contributed by atoms with Crippen molar-refractivity contribution in [2.75, 3.05) is 13.2 Å². The number of amides is 2. The van der Waals surface area contributed by atoms with Gasteiger partial charge in [-0.15, -0.1) is 0 Å². The standard InChI is InChI=1S/C26H24ClF3N4O2/c27-19-6-3-16(4-7-19)12-17-14-31-15-32-24(17)22-2-1-10-34(22)25(35)33-21-9-11-36-23-13-18(26(28,29)30)5-8-20(21)23/h3-8,13-15,21-22H,1-2,9-12H2,(H,33,35)/t21-,22?/m0/s1. The Hall–Kier alpha value is -3.33. The Balaban J connectivity index is 1.34. The van der Waals surface area contributed by atoms with Gasteiger partial charge in [-0.3, -0.25) is 0 Å². The number of carbonyl (C=O) groups excluding carboxylic acids is 1. The highest BCUT2D eigenvalue weighted by Crippen LogP contribution is 2.39. The molecular formula is C26H24ClF3N4O2. The number of likely N-dealkylation sites (tertiary alicyclic amines) is 1. The average Bonchev–Trinajstić information content (AvgIpc) is 3.35. The molecule has 2 atom stereocenters. The second kappa shape index (κ2) is 9.97. The van der Waals surface area contributed by atoms with Gasteiger partial charge in [0, 0.05) is 36.2 Å². The molecule has 1 unspecified atom stereocenters. The molecule has 1 fully saturated rings. The maximum absolute atomic E-state index is 13.4. The number of hydrogen-bond acceptors (Lipinski definition) is 4. The first-order valence-electron chi connectivity index (χ1n) is 11.7. The van der Waals surface area contributed by atoms with E-state index in [9.17, 15) is 18.0 Å². The molecule has 5 rings (SSSR count). The van der Waals surface area contributed by atoms with E-state index in [2.05, 4.69) is 15.3 Å². The first-order chi connectivity index (χ1) is 17.3. The van der Waals surface area contributed by atoms with E-state index in [4.69, 9.17) is 16.3 Å². The molecule has 0 spiro atoms. The minimum Gasteiger partial charge on any atom is -0.493 e. The fraction of sp³-hybridized carbons (Fsp3) is 0.346. The molecule has 0 saturated carbocycles. The van der Waals surface area contributed by atoms with Crippen LogP contribution in [0.3, 0.4) is 0 Å². The fourth-order valence-electron chi connectivity index (χ4n) is 4.87. The maximum Gasteiger partial charge on any atom is 0.416 e. The van der Waals surface area contributed by atoms with Crippen LogP contribution in [0.1, 0.15) is 59.3 Å². The number of fused-ring (bicyclic) bond motifs is 1. The van der Waals surface area contributed by atoms with E-state index in [0.29, 0.717) is 30.0 Å². The summed E-state index contributed by atoms with van der Waals surface area (Å²) in [7, 11) is 0. The summed E-state index contributed by atoms with van der Waals surface area (Å²) in [4.78, 5) is 23.9. The molecule has 2 aliphatic rings. The second-order valence-electron chi connectivity index (χ2n) is 8.98. The van der Waals surface area contributed by atoms with Crippen molar-refractivity contribution in [3.05, 3.63) is 88.0 Å². The Bertz CT molecular complexity index is 1250. The monoisotopic (exact) mass is 516 g/mol. The second-order valence-corrected chi connectivity index (χ2v) is 9.41. The predicted octanol–water partition coefficient (Wildman–Crippen LogP) is 6.11. The van der Waals surface area contributed by atoms with Crippen molar-refractivity contribution in [3.8, 4) is 5.75 Å². The molecule has 3 heterocycles. The molecule has 2 aromatic carbocycles. The number of hydrogen-bond donors (Lipinski definition) is 1. The van der Waals surface area contributed by atoms with Crippen LogP contribution in [0.4, 0.5) is 18.0 Å². The lowest BCUT2D eigenvalue weighted by Crippen LogP contribution is -2.42. The van der Waals surface area contributed by atoms with Gasteiger partial charge in [-0.05, 0) is 48.2 Å². The fourth-order valence-corrected chi connectivity index (χ4v) is 4.99. The third-order valence-corrected chi connectivity index (χ3v) is 6.89. The third-order valence-electron chi connectivity index (χ3n) is 6.64. The molecule has 0 radical (unpaired) electrons. The van der Waals surface area contributed by atoms with Gasteiger partial charge in [0.2, 0.25) is 0 Å².